The summed E-state index contributed by atoms with van der Waals surface area (Å²) in [4.78, 5) is 16.4. The number of nitrogens with one attached hydrogen (secondary N) is 2. The van der Waals surface area contributed by atoms with Gasteiger partial charge >= 0.3 is 0 Å². The average molecular weight is 499 g/mol. The molecule has 190 valence electrons. The van der Waals surface area contributed by atoms with Crippen LogP contribution in [0, 0.1) is 6.92 Å². The van der Waals surface area contributed by atoms with Crippen molar-refractivity contribution in [3.05, 3.63) is 63.2 Å². The van der Waals surface area contributed by atoms with Gasteiger partial charge in [0.05, 0.1) is 11.2 Å². The third-order valence-corrected chi connectivity index (χ3v) is 6.66. The molecule has 0 amide bonds. The van der Waals surface area contributed by atoms with Crippen LogP contribution < -0.4 is 16.1 Å². The van der Waals surface area contributed by atoms with Gasteiger partial charge in [-0.1, -0.05) is 50.6 Å². The van der Waals surface area contributed by atoms with Crippen molar-refractivity contribution in [2.75, 3.05) is 18.4 Å². The van der Waals surface area contributed by atoms with Crippen molar-refractivity contribution >= 4 is 28.2 Å². The standard InChI is InChI=1S/C28H39ClN4O2/c1-3-4-17-33-21(2)18-27(34)28(35)26(33)20-30-14-9-7-5-6-8-10-15-31-24-13-16-32-25-19-22(29)11-12-23(24)25/h11-13,16,18-19,30,35H,3-10,14-15,17,20H2,1-2H3,(H,31,32). The number of unbranched alkanes of at least 4 members (excludes halogenated alkanes) is 6. The van der Waals surface area contributed by atoms with Crippen LogP contribution in [0.15, 0.2) is 41.3 Å². The second-order valence-corrected chi connectivity index (χ2v) is 9.63. The van der Waals surface area contributed by atoms with E-state index in [2.05, 4.69) is 27.1 Å². The molecule has 35 heavy (non-hydrogen) atoms. The summed E-state index contributed by atoms with van der Waals surface area (Å²) in [6.07, 6.45) is 11.0. The molecule has 0 bridgehead atoms. The lowest BCUT2D eigenvalue weighted by molar-refractivity contribution is 0.435. The van der Waals surface area contributed by atoms with Crippen molar-refractivity contribution in [1.82, 2.24) is 14.9 Å². The number of nitrogens with zero attached hydrogens (tertiary/aromatic N) is 2. The minimum absolute atomic E-state index is 0.114. The molecular formula is C28H39ClN4O2. The van der Waals surface area contributed by atoms with Crippen LogP contribution in [0.3, 0.4) is 0 Å². The van der Waals surface area contributed by atoms with Gasteiger partial charge in [-0.25, -0.2) is 0 Å². The van der Waals surface area contributed by atoms with Crippen LogP contribution in [0.1, 0.15) is 69.7 Å². The number of pyridine rings is 2. The number of aryl methyl sites for hydroxylation is 1. The highest BCUT2D eigenvalue weighted by Crippen LogP contribution is 2.24. The molecule has 0 saturated carbocycles. The van der Waals surface area contributed by atoms with Gasteiger partial charge in [0, 0.05) is 53.7 Å². The molecule has 3 N–H and O–H groups in total. The maximum absolute atomic E-state index is 12.0. The Kier molecular flexibility index (Phi) is 10.9. The number of hydrogen-bond acceptors (Lipinski definition) is 5. The molecule has 0 spiro atoms. The first-order chi connectivity index (χ1) is 17.0. The highest BCUT2D eigenvalue weighted by Gasteiger charge is 2.12. The van der Waals surface area contributed by atoms with E-state index in [0.29, 0.717) is 17.3 Å². The first-order valence-electron chi connectivity index (χ1n) is 12.9. The fraction of sp³-hybridized carbons (Fsp3) is 0.500. The molecule has 0 unspecified atom stereocenters. The molecule has 0 aliphatic rings. The third-order valence-electron chi connectivity index (χ3n) is 6.43. The third kappa shape index (κ3) is 7.97. The topological polar surface area (TPSA) is 79.2 Å². The van der Waals surface area contributed by atoms with Crippen LogP contribution in [0.5, 0.6) is 5.75 Å². The maximum atomic E-state index is 12.0. The van der Waals surface area contributed by atoms with Crippen molar-refractivity contribution in [3.8, 4) is 5.75 Å². The smallest absolute Gasteiger partial charge is 0.223 e. The number of fused-ring (bicyclic) bond motifs is 1. The summed E-state index contributed by atoms with van der Waals surface area (Å²) >= 11 is 6.07. The van der Waals surface area contributed by atoms with Crippen LogP contribution in [0.2, 0.25) is 5.02 Å². The fourth-order valence-electron chi connectivity index (χ4n) is 4.41. The van der Waals surface area contributed by atoms with Gasteiger partial charge in [0.1, 0.15) is 0 Å². The van der Waals surface area contributed by atoms with Gasteiger partial charge in [0.2, 0.25) is 5.43 Å². The van der Waals surface area contributed by atoms with Crippen molar-refractivity contribution in [3.63, 3.8) is 0 Å². The molecule has 2 heterocycles. The van der Waals surface area contributed by atoms with Crippen molar-refractivity contribution < 1.29 is 5.11 Å². The van der Waals surface area contributed by atoms with Gasteiger partial charge in [0.15, 0.2) is 5.75 Å². The number of benzene rings is 1. The molecule has 0 atom stereocenters. The number of halogens is 1. The quantitative estimate of drug-likeness (QED) is 0.211. The normalized spacial score (nSPS) is 11.3. The van der Waals surface area contributed by atoms with E-state index in [-0.39, 0.29) is 11.2 Å². The molecule has 6 nitrogen and oxygen atoms in total. The Bertz CT molecular complexity index is 1150. The Hall–Kier alpha value is -2.57. The lowest BCUT2D eigenvalue weighted by atomic mass is 10.1. The first-order valence-corrected chi connectivity index (χ1v) is 13.3. The lowest BCUT2D eigenvalue weighted by Gasteiger charge is -2.18. The number of hydrogen-bond donors (Lipinski definition) is 3. The zero-order chi connectivity index (χ0) is 25.0. The van der Waals surface area contributed by atoms with Gasteiger partial charge in [0.25, 0.3) is 0 Å². The predicted octanol–water partition coefficient (Wildman–Crippen LogP) is 6.41. The van der Waals surface area contributed by atoms with Crippen LogP contribution >= 0.6 is 11.6 Å². The van der Waals surface area contributed by atoms with Crippen molar-refractivity contribution in [2.45, 2.75) is 78.3 Å². The van der Waals surface area contributed by atoms with Gasteiger partial charge in [-0.3, -0.25) is 9.78 Å². The van der Waals surface area contributed by atoms with E-state index in [1.807, 2.05) is 37.4 Å². The summed E-state index contributed by atoms with van der Waals surface area (Å²) in [5.41, 5.74) is 3.36. The number of aromatic hydroxyl groups is 1. The average Bonchev–Trinajstić information content (AvgIpc) is 2.84. The summed E-state index contributed by atoms with van der Waals surface area (Å²) in [5, 5.41) is 19.1. The largest absolute Gasteiger partial charge is 0.503 e. The molecule has 2 aromatic heterocycles. The first kappa shape index (κ1) is 27.0. The molecule has 7 heteroatoms. The van der Waals surface area contributed by atoms with E-state index in [4.69, 9.17) is 11.6 Å². The summed E-state index contributed by atoms with van der Waals surface area (Å²) in [6, 6.07) is 9.36. The number of rotatable bonds is 15. The minimum atomic E-state index is -0.289. The molecule has 0 radical (unpaired) electrons. The second kappa shape index (κ2) is 14.1. The van der Waals surface area contributed by atoms with E-state index in [1.54, 1.807) is 0 Å². The lowest BCUT2D eigenvalue weighted by Crippen LogP contribution is -2.23. The summed E-state index contributed by atoms with van der Waals surface area (Å²) in [5.74, 6) is -0.114. The van der Waals surface area contributed by atoms with Crippen molar-refractivity contribution in [1.29, 1.82) is 0 Å². The van der Waals surface area contributed by atoms with E-state index >= 15 is 0 Å². The second-order valence-electron chi connectivity index (χ2n) is 9.20. The van der Waals surface area contributed by atoms with E-state index < -0.39 is 0 Å². The van der Waals surface area contributed by atoms with Crippen LogP contribution in [-0.4, -0.2) is 27.7 Å². The van der Waals surface area contributed by atoms with Crippen LogP contribution in [0.25, 0.3) is 10.9 Å². The fourth-order valence-corrected chi connectivity index (χ4v) is 4.58. The highest BCUT2D eigenvalue weighted by atomic mass is 35.5. The molecule has 3 aromatic rings. The SMILES string of the molecule is CCCCn1c(C)cc(=O)c(O)c1CNCCCCCCCCNc1ccnc2cc(Cl)ccc12. The van der Waals surface area contributed by atoms with E-state index in [0.717, 1.165) is 67.6 Å². The summed E-state index contributed by atoms with van der Waals surface area (Å²) in [7, 11) is 0. The van der Waals surface area contributed by atoms with Crippen LogP contribution in [0.4, 0.5) is 5.69 Å². The molecule has 0 aliphatic carbocycles. The van der Waals surface area contributed by atoms with E-state index in [1.165, 1.54) is 31.7 Å². The maximum Gasteiger partial charge on any atom is 0.223 e. The molecule has 0 fully saturated rings. The summed E-state index contributed by atoms with van der Waals surface area (Å²) < 4.78 is 2.07. The Balaban J connectivity index is 1.29. The van der Waals surface area contributed by atoms with Gasteiger partial charge in [-0.15, -0.1) is 0 Å². The summed E-state index contributed by atoms with van der Waals surface area (Å²) in [6.45, 7) is 7.26. The minimum Gasteiger partial charge on any atom is -0.503 e. The van der Waals surface area contributed by atoms with Gasteiger partial charge in [-0.05, 0) is 57.0 Å². The Morgan fingerprint density at radius 3 is 2.51 bits per heavy atom. The molecule has 0 saturated heterocycles. The molecule has 1 aromatic carbocycles. The Labute approximate surface area is 213 Å². The van der Waals surface area contributed by atoms with Gasteiger partial charge < -0.3 is 20.3 Å². The van der Waals surface area contributed by atoms with Gasteiger partial charge in [-0.2, -0.15) is 0 Å². The zero-order valence-corrected chi connectivity index (χ0v) is 21.8. The number of aromatic nitrogens is 2. The molecular weight excluding hydrogens is 460 g/mol. The monoisotopic (exact) mass is 498 g/mol. The number of anilines is 1. The van der Waals surface area contributed by atoms with Crippen molar-refractivity contribution in [2.24, 2.45) is 0 Å². The van der Waals surface area contributed by atoms with Crippen LogP contribution in [-0.2, 0) is 13.1 Å². The Morgan fingerprint density at radius 1 is 1.00 bits per heavy atom. The highest BCUT2D eigenvalue weighted by molar-refractivity contribution is 6.31. The zero-order valence-electron chi connectivity index (χ0n) is 21.1. The Morgan fingerprint density at radius 2 is 1.74 bits per heavy atom. The van der Waals surface area contributed by atoms with E-state index in [9.17, 15) is 9.90 Å². The molecule has 3 rings (SSSR count). The molecule has 0 aliphatic heterocycles. The predicted molar refractivity (Wildman–Crippen MR) is 147 cm³/mol.